The van der Waals surface area contributed by atoms with E-state index in [1.54, 1.807) is 0 Å². The second kappa shape index (κ2) is 5.96. The van der Waals surface area contributed by atoms with Gasteiger partial charge in [-0.05, 0) is 6.07 Å². The Labute approximate surface area is 143 Å². The first-order valence-electron chi connectivity index (χ1n) is 4.32. The van der Waals surface area contributed by atoms with Gasteiger partial charge in [-0.15, -0.1) is 0 Å². The average Bonchev–Trinajstić information content (AvgIpc) is 2.12. The molecule has 1 aromatic carbocycles. The number of halogens is 9. The molecule has 0 saturated carbocycles. The molecule has 102 valence electrons. The summed E-state index contributed by atoms with van der Waals surface area (Å²) in [6.45, 7) is -6.04. The molecule has 0 amide bonds. The van der Waals surface area contributed by atoms with Gasteiger partial charge in [-0.2, -0.15) is 26.3 Å². The first-order chi connectivity index (χ1) is 7.83. The number of benzene rings is 1. The van der Waals surface area contributed by atoms with Gasteiger partial charge in [-0.25, -0.2) is 0 Å². The molecule has 0 fully saturated rings. The van der Waals surface area contributed by atoms with Gasteiger partial charge in [-0.3, -0.25) is 0 Å². The molecule has 19 heavy (non-hydrogen) atoms. The molecular weight excluding hydrogens is 317 g/mol. The molecule has 11 heteroatoms. The molecule has 1 aromatic rings. The van der Waals surface area contributed by atoms with E-state index in [2.05, 4.69) is 0 Å². The van der Waals surface area contributed by atoms with Crippen LogP contribution in [0.4, 0.5) is 39.3 Å². The van der Waals surface area contributed by atoms with Crippen molar-refractivity contribution in [3.8, 4) is 0 Å². The third-order valence-corrected chi connectivity index (χ3v) is 2.04. The quantitative estimate of drug-likeness (QED) is 0.530. The molecular formula is C8H3BF9K. The van der Waals surface area contributed by atoms with Crippen molar-refractivity contribution in [3.63, 3.8) is 0 Å². The van der Waals surface area contributed by atoms with Crippen LogP contribution in [-0.2, 0) is 12.4 Å². The minimum absolute atomic E-state index is 0. The van der Waals surface area contributed by atoms with Crippen molar-refractivity contribution in [2.24, 2.45) is 0 Å². The summed E-state index contributed by atoms with van der Waals surface area (Å²) in [6, 6.07) is -0.768. The van der Waals surface area contributed by atoms with E-state index in [-0.39, 0.29) is 63.5 Å². The Kier molecular flexibility index (Phi) is 6.05. The SMILES string of the molecule is F[B-](F)(F)c1ccc(C(F)(F)F)cc1C(F)(F)F.[K+]. The first-order valence-corrected chi connectivity index (χ1v) is 4.32. The summed E-state index contributed by atoms with van der Waals surface area (Å²) in [6.07, 6.45) is -10.6. The van der Waals surface area contributed by atoms with Gasteiger partial charge in [0.05, 0.1) is 5.56 Å². The van der Waals surface area contributed by atoms with Gasteiger partial charge < -0.3 is 12.9 Å². The topological polar surface area (TPSA) is 0 Å². The van der Waals surface area contributed by atoms with Crippen LogP contribution >= 0.6 is 0 Å². The zero-order valence-corrected chi connectivity index (χ0v) is 12.3. The molecule has 0 atom stereocenters. The van der Waals surface area contributed by atoms with Crippen LogP contribution in [0, 0.1) is 0 Å². The Morgan fingerprint density at radius 1 is 0.789 bits per heavy atom. The standard InChI is InChI=1S/C8H3BF9.K/c10-7(11,12)4-1-2-6(9(16,17)18)5(3-4)8(13,14)15;/h1-3H;/q-1;+1. The van der Waals surface area contributed by atoms with E-state index in [4.69, 9.17) is 0 Å². The van der Waals surface area contributed by atoms with E-state index >= 15 is 0 Å². The molecule has 0 aliphatic carbocycles. The molecule has 0 unspecified atom stereocenters. The summed E-state index contributed by atoms with van der Waals surface area (Å²) in [4.78, 5) is 0. The molecule has 0 aliphatic rings. The van der Waals surface area contributed by atoms with E-state index in [1.165, 1.54) is 0 Å². The number of alkyl halides is 6. The van der Waals surface area contributed by atoms with E-state index in [9.17, 15) is 39.3 Å². The molecule has 0 heterocycles. The zero-order valence-electron chi connectivity index (χ0n) is 9.21. The molecule has 0 aliphatic heterocycles. The summed E-state index contributed by atoms with van der Waals surface area (Å²) >= 11 is 0. The second-order valence-electron chi connectivity index (χ2n) is 3.37. The third-order valence-electron chi connectivity index (χ3n) is 2.04. The smallest absolute Gasteiger partial charge is 0.445 e. The summed E-state index contributed by atoms with van der Waals surface area (Å²) in [5.74, 6) is 0. The molecule has 0 spiro atoms. The van der Waals surface area contributed by atoms with Crippen molar-refractivity contribution in [1.82, 2.24) is 0 Å². The van der Waals surface area contributed by atoms with Crippen LogP contribution in [0.25, 0.3) is 0 Å². The molecule has 0 saturated heterocycles. The van der Waals surface area contributed by atoms with Crippen LogP contribution in [0.15, 0.2) is 18.2 Å². The fourth-order valence-corrected chi connectivity index (χ4v) is 1.26. The van der Waals surface area contributed by atoms with Gasteiger partial charge in [0.25, 0.3) is 0 Å². The van der Waals surface area contributed by atoms with Crippen molar-refractivity contribution in [2.45, 2.75) is 12.4 Å². The van der Waals surface area contributed by atoms with Crippen molar-refractivity contribution in [2.75, 3.05) is 0 Å². The molecule has 0 bridgehead atoms. The van der Waals surface area contributed by atoms with Crippen LogP contribution < -0.4 is 56.8 Å². The monoisotopic (exact) mass is 320 g/mol. The fourth-order valence-electron chi connectivity index (χ4n) is 1.26. The number of rotatable bonds is 1. The van der Waals surface area contributed by atoms with Gasteiger partial charge in [0.2, 0.25) is 0 Å². The molecule has 0 aromatic heterocycles. The van der Waals surface area contributed by atoms with Crippen LogP contribution in [0.3, 0.4) is 0 Å². The second-order valence-corrected chi connectivity index (χ2v) is 3.37. The normalized spacial score (nSPS) is 13.1. The molecule has 0 N–H and O–H groups in total. The van der Waals surface area contributed by atoms with Crippen LogP contribution in [0.5, 0.6) is 0 Å². The van der Waals surface area contributed by atoms with Gasteiger partial charge in [0.1, 0.15) is 0 Å². The first kappa shape index (κ1) is 19.3. The van der Waals surface area contributed by atoms with E-state index in [0.29, 0.717) is 0 Å². The van der Waals surface area contributed by atoms with Crippen molar-refractivity contribution in [3.05, 3.63) is 29.3 Å². The molecule has 1 rings (SSSR count). The van der Waals surface area contributed by atoms with Crippen molar-refractivity contribution >= 4 is 12.4 Å². The zero-order chi connectivity index (χ0) is 14.4. The third kappa shape index (κ3) is 4.96. The van der Waals surface area contributed by atoms with Crippen LogP contribution in [0.2, 0.25) is 0 Å². The maximum absolute atomic E-state index is 12.3. The van der Waals surface area contributed by atoms with Gasteiger partial charge in [-0.1, -0.05) is 17.6 Å². The predicted octanol–water partition coefficient (Wildman–Crippen LogP) is 0.783. The Morgan fingerprint density at radius 2 is 1.26 bits per heavy atom. The van der Waals surface area contributed by atoms with Gasteiger partial charge in [0.15, 0.2) is 0 Å². The fraction of sp³-hybridized carbons (Fsp3) is 0.250. The van der Waals surface area contributed by atoms with Gasteiger partial charge >= 0.3 is 70.7 Å². The molecule has 0 radical (unpaired) electrons. The van der Waals surface area contributed by atoms with Crippen LogP contribution in [-0.4, -0.2) is 6.98 Å². The Balaban J connectivity index is 0.00000324. The maximum Gasteiger partial charge on any atom is 1.00 e. The summed E-state index contributed by atoms with van der Waals surface area (Å²) in [5, 5.41) is 0. The van der Waals surface area contributed by atoms with E-state index in [0.717, 1.165) is 0 Å². The Bertz CT molecular complexity index is 445. The Hall–Kier alpha value is 0.291. The minimum atomic E-state index is -6.04. The van der Waals surface area contributed by atoms with Crippen LogP contribution in [0.1, 0.15) is 11.1 Å². The maximum atomic E-state index is 12.3. The number of hydrogen-bond donors (Lipinski definition) is 0. The van der Waals surface area contributed by atoms with Gasteiger partial charge in [0, 0.05) is 5.56 Å². The van der Waals surface area contributed by atoms with E-state index in [1.807, 2.05) is 0 Å². The number of hydrogen-bond acceptors (Lipinski definition) is 0. The minimum Gasteiger partial charge on any atom is -0.445 e. The van der Waals surface area contributed by atoms with E-state index < -0.39 is 42.0 Å². The van der Waals surface area contributed by atoms with Crippen molar-refractivity contribution < 1.29 is 90.7 Å². The summed E-state index contributed by atoms with van der Waals surface area (Å²) in [7, 11) is 0. The molecule has 0 nitrogen and oxygen atoms in total. The Morgan fingerprint density at radius 3 is 1.58 bits per heavy atom. The summed E-state index contributed by atoms with van der Waals surface area (Å²) < 4.78 is 110. The largest absolute Gasteiger partial charge is 1.00 e. The van der Waals surface area contributed by atoms with Crippen molar-refractivity contribution in [1.29, 1.82) is 0 Å². The predicted molar refractivity (Wildman–Crippen MR) is 45.2 cm³/mol. The summed E-state index contributed by atoms with van der Waals surface area (Å²) in [5.41, 5.74) is -6.20. The average molecular weight is 320 g/mol.